The lowest BCUT2D eigenvalue weighted by Gasteiger charge is -2.37. The third kappa shape index (κ3) is 4.10. The minimum atomic E-state index is 0.0160. The number of pyridine rings is 1. The van der Waals surface area contributed by atoms with Crippen LogP contribution >= 0.6 is 0 Å². The molecule has 148 valence electrons. The van der Waals surface area contributed by atoms with Crippen molar-refractivity contribution in [1.82, 2.24) is 15.2 Å². The van der Waals surface area contributed by atoms with E-state index in [4.69, 9.17) is 4.74 Å². The Morgan fingerprint density at radius 3 is 2.71 bits per heavy atom. The van der Waals surface area contributed by atoms with Crippen LogP contribution in [0.3, 0.4) is 0 Å². The average molecular weight is 380 g/mol. The van der Waals surface area contributed by atoms with E-state index in [-0.39, 0.29) is 17.2 Å². The van der Waals surface area contributed by atoms with Crippen LogP contribution in [0.25, 0.3) is 0 Å². The SMILES string of the molecule is Cc1ccccc1CN1CC(C(=O)NCc2ccncc2)C2(CCOCC2)C1. The summed E-state index contributed by atoms with van der Waals surface area (Å²) >= 11 is 0. The third-order valence-electron chi connectivity index (χ3n) is 6.39. The molecule has 4 rings (SSSR count). The second-order valence-electron chi connectivity index (χ2n) is 8.20. The first-order valence-electron chi connectivity index (χ1n) is 10.2. The Bertz CT molecular complexity index is 803. The van der Waals surface area contributed by atoms with E-state index in [1.165, 1.54) is 11.1 Å². The topological polar surface area (TPSA) is 54.5 Å². The maximum absolute atomic E-state index is 13.2. The molecule has 0 radical (unpaired) electrons. The van der Waals surface area contributed by atoms with Crippen molar-refractivity contribution in [3.63, 3.8) is 0 Å². The summed E-state index contributed by atoms with van der Waals surface area (Å²) in [5.41, 5.74) is 3.78. The molecule has 1 aromatic carbocycles. The molecule has 0 aliphatic carbocycles. The Kier molecular flexibility index (Phi) is 5.74. The molecule has 2 aliphatic rings. The largest absolute Gasteiger partial charge is 0.381 e. The highest BCUT2D eigenvalue weighted by atomic mass is 16.5. The number of nitrogens with zero attached hydrogens (tertiary/aromatic N) is 2. The predicted octanol–water partition coefficient (Wildman–Crippen LogP) is 2.94. The van der Waals surface area contributed by atoms with Gasteiger partial charge in [-0.1, -0.05) is 24.3 Å². The molecule has 1 spiro atoms. The Hall–Kier alpha value is -2.24. The van der Waals surface area contributed by atoms with Crippen LogP contribution in [0.5, 0.6) is 0 Å². The van der Waals surface area contributed by atoms with E-state index in [0.29, 0.717) is 6.54 Å². The lowest BCUT2D eigenvalue weighted by Crippen LogP contribution is -2.44. The van der Waals surface area contributed by atoms with Crippen molar-refractivity contribution in [2.75, 3.05) is 26.3 Å². The van der Waals surface area contributed by atoms with Crippen LogP contribution in [0.4, 0.5) is 0 Å². The van der Waals surface area contributed by atoms with Crippen LogP contribution < -0.4 is 5.32 Å². The van der Waals surface area contributed by atoms with Gasteiger partial charge in [0, 0.05) is 57.2 Å². The molecule has 28 heavy (non-hydrogen) atoms. The van der Waals surface area contributed by atoms with Gasteiger partial charge >= 0.3 is 0 Å². The summed E-state index contributed by atoms with van der Waals surface area (Å²) in [7, 11) is 0. The number of carbonyl (C=O) groups is 1. The zero-order chi connectivity index (χ0) is 19.4. The molecule has 3 heterocycles. The second kappa shape index (κ2) is 8.41. The van der Waals surface area contributed by atoms with E-state index < -0.39 is 0 Å². The van der Waals surface area contributed by atoms with Gasteiger partial charge in [0.2, 0.25) is 5.91 Å². The van der Waals surface area contributed by atoms with Crippen molar-refractivity contribution in [3.8, 4) is 0 Å². The van der Waals surface area contributed by atoms with Gasteiger partial charge in [0.25, 0.3) is 0 Å². The zero-order valence-corrected chi connectivity index (χ0v) is 16.6. The average Bonchev–Trinajstić information content (AvgIpc) is 3.06. The molecule has 2 saturated heterocycles. The van der Waals surface area contributed by atoms with Crippen molar-refractivity contribution < 1.29 is 9.53 Å². The lowest BCUT2D eigenvalue weighted by atomic mass is 9.71. The molecule has 2 aliphatic heterocycles. The molecule has 2 aromatic rings. The first-order chi connectivity index (χ1) is 13.7. The quantitative estimate of drug-likeness (QED) is 0.868. The Morgan fingerprint density at radius 1 is 1.21 bits per heavy atom. The molecule has 1 aromatic heterocycles. The van der Waals surface area contributed by atoms with E-state index in [0.717, 1.165) is 51.3 Å². The number of hydrogen-bond acceptors (Lipinski definition) is 4. The summed E-state index contributed by atoms with van der Waals surface area (Å²) in [6.45, 7) is 6.92. The molecule has 0 saturated carbocycles. The summed E-state index contributed by atoms with van der Waals surface area (Å²) < 4.78 is 5.63. The maximum atomic E-state index is 13.2. The summed E-state index contributed by atoms with van der Waals surface area (Å²) in [6.07, 6.45) is 5.46. The number of likely N-dealkylation sites (tertiary alicyclic amines) is 1. The van der Waals surface area contributed by atoms with E-state index in [9.17, 15) is 4.79 Å². The number of benzene rings is 1. The highest BCUT2D eigenvalue weighted by molar-refractivity contribution is 5.80. The minimum absolute atomic E-state index is 0.0160. The normalized spacial score (nSPS) is 21.7. The van der Waals surface area contributed by atoms with Gasteiger partial charge in [0.05, 0.1) is 5.92 Å². The number of rotatable bonds is 5. The van der Waals surface area contributed by atoms with Gasteiger partial charge in [-0.15, -0.1) is 0 Å². The van der Waals surface area contributed by atoms with Crippen molar-refractivity contribution in [2.45, 2.75) is 32.9 Å². The Balaban J connectivity index is 1.47. The molecular formula is C23H29N3O2. The molecule has 1 N–H and O–H groups in total. The molecule has 1 atom stereocenters. The summed E-state index contributed by atoms with van der Waals surface area (Å²) in [4.78, 5) is 19.7. The summed E-state index contributed by atoms with van der Waals surface area (Å²) in [5, 5.41) is 3.17. The fourth-order valence-electron chi connectivity index (χ4n) is 4.68. The molecular weight excluding hydrogens is 350 g/mol. The van der Waals surface area contributed by atoms with Crippen LogP contribution in [-0.2, 0) is 22.6 Å². The van der Waals surface area contributed by atoms with Crippen LogP contribution in [-0.4, -0.2) is 42.1 Å². The van der Waals surface area contributed by atoms with Gasteiger partial charge in [-0.3, -0.25) is 14.7 Å². The first-order valence-corrected chi connectivity index (χ1v) is 10.2. The van der Waals surface area contributed by atoms with Crippen molar-refractivity contribution >= 4 is 5.91 Å². The molecule has 0 bridgehead atoms. The van der Waals surface area contributed by atoms with E-state index >= 15 is 0 Å². The Morgan fingerprint density at radius 2 is 1.96 bits per heavy atom. The highest BCUT2D eigenvalue weighted by Gasteiger charge is 2.50. The van der Waals surface area contributed by atoms with Gasteiger partial charge in [-0.05, 0) is 48.6 Å². The van der Waals surface area contributed by atoms with Crippen LogP contribution in [0.2, 0.25) is 0 Å². The van der Waals surface area contributed by atoms with E-state index in [2.05, 4.69) is 46.4 Å². The van der Waals surface area contributed by atoms with Gasteiger partial charge in [0.15, 0.2) is 0 Å². The van der Waals surface area contributed by atoms with E-state index in [1.54, 1.807) is 12.4 Å². The zero-order valence-electron chi connectivity index (χ0n) is 16.6. The summed E-state index contributed by atoms with van der Waals surface area (Å²) in [5.74, 6) is 0.188. The molecule has 1 amide bonds. The number of nitrogens with one attached hydrogen (secondary N) is 1. The first kappa shape index (κ1) is 19.1. The van der Waals surface area contributed by atoms with Crippen molar-refractivity contribution in [1.29, 1.82) is 0 Å². The second-order valence-corrected chi connectivity index (χ2v) is 8.20. The lowest BCUT2D eigenvalue weighted by molar-refractivity contribution is -0.130. The van der Waals surface area contributed by atoms with Crippen LogP contribution in [0.1, 0.15) is 29.5 Å². The maximum Gasteiger partial charge on any atom is 0.225 e. The molecule has 1 unspecified atom stereocenters. The Labute approximate surface area is 167 Å². The van der Waals surface area contributed by atoms with Crippen molar-refractivity contribution in [3.05, 3.63) is 65.5 Å². The fraction of sp³-hybridized carbons (Fsp3) is 0.478. The van der Waals surface area contributed by atoms with Gasteiger partial charge in [-0.2, -0.15) is 0 Å². The molecule has 2 fully saturated rings. The highest BCUT2D eigenvalue weighted by Crippen LogP contribution is 2.44. The third-order valence-corrected chi connectivity index (χ3v) is 6.39. The summed E-state index contributed by atoms with van der Waals surface area (Å²) in [6, 6.07) is 12.4. The number of aryl methyl sites for hydroxylation is 1. The number of amides is 1. The van der Waals surface area contributed by atoms with Crippen LogP contribution in [0, 0.1) is 18.3 Å². The number of ether oxygens (including phenoxy) is 1. The molecule has 5 heteroatoms. The van der Waals surface area contributed by atoms with Gasteiger partial charge in [-0.25, -0.2) is 0 Å². The van der Waals surface area contributed by atoms with Gasteiger partial charge < -0.3 is 10.1 Å². The standard InChI is InChI=1S/C23H29N3O2/c1-18-4-2-3-5-20(18)15-26-16-21(23(17-26)8-12-28-13-9-23)22(27)25-14-19-6-10-24-11-7-19/h2-7,10-11,21H,8-9,12-17H2,1H3,(H,25,27). The van der Waals surface area contributed by atoms with Crippen LogP contribution in [0.15, 0.2) is 48.8 Å². The predicted molar refractivity (Wildman–Crippen MR) is 109 cm³/mol. The van der Waals surface area contributed by atoms with Gasteiger partial charge in [0.1, 0.15) is 0 Å². The number of hydrogen-bond donors (Lipinski definition) is 1. The minimum Gasteiger partial charge on any atom is -0.381 e. The number of aromatic nitrogens is 1. The van der Waals surface area contributed by atoms with E-state index in [1.807, 2.05) is 12.1 Å². The number of carbonyl (C=O) groups excluding carboxylic acids is 1. The monoisotopic (exact) mass is 379 g/mol. The smallest absolute Gasteiger partial charge is 0.225 e. The molecule has 5 nitrogen and oxygen atoms in total. The van der Waals surface area contributed by atoms with Crippen molar-refractivity contribution in [2.24, 2.45) is 11.3 Å². The fourth-order valence-corrected chi connectivity index (χ4v) is 4.68.